The summed E-state index contributed by atoms with van der Waals surface area (Å²) in [7, 11) is 0. The predicted octanol–water partition coefficient (Wildman–Crippen LogP) is 7.28. The van der Waals surface area contributed by atoms with Crippen molar-refractivity contribution in [3.05, 3.63) is 115 Å². The van der Waals surface area contributed by atoms with Gasteiger partial charge in [0.05, 0.1) is 11.0 Å². The van der Waals surface area contributed by atoms with E-state index in [2.05, 4.69) is 95.6 Å². The lowest BCUT2D eigenvalue weighted by Gasteiger charge is -2.08. The smallest absolute Gasteiger partial charge is 0.0541 e. The zero-order valence-corrected chi connectivity index (χ0v) is 18.1. The molecule has 3 heteroatoms. The first-order chi connectivity index (χ1) is 16.2. The minimum absolute atomic E-state index is 0.772. The molecule has 0 aliphatic rings. The Kier molecular flexibility index (Phi) is 4.41. The van der Waals surface area contributed by atoms with Crippen LogP contribution in [0.15, 0.2) is 115 Å². The van der Waals surface area contributed by atoms with E-state index in [1.807, 2.05) is 24.3 Å². The number of fused-ring (bicyclic) bond motifs is 3. The zero-order valence-electron chi connectivity index (χ0n) is 18.1. The highest BCUT2D eigenvalue weighted by atomic mass is 15.0. The summed E-state index contributed by atoms with van der Waals surface area (Å²) in [5, 5.41) is 2.45. The van der Waals surface area contributed by atoms with E-state index >= 15 is 0 Å². The van der Waals surface area contributed by atoms with Gasteiger partial charge >= 0.3 is 0 Å². The Morgan fingerprint density at radius 2 is 0.848 bits per heavy atom. The van der Waals surface area contributed by atoms with Crippen molar-refractivity contribution in [2.75, 3.05) is 11.5 Å². The normalized spacial score (nSPS) is 11.3. The van der Waals surface area contributed by atoms with Gasteiger partial charge in [-0.1, -0.05) is 54.6 Å². The summed E-state index contributed by atoms with van der Waals surface area (Å²) >= 11 is 0. The summed E-state index contributed by atoms with van der Waals surface area (Å²) in [6, 6.07) is 40.0. The molecule has 0 unspecified atom stereocenters. The summed E-state index contributed by atoms with van der Waals surface area (Å²) in [6.45, 7) is 0. The third-order valence-corrected chi connectivity index (χ3v) is 6.27. The van der Waals surface area contributed by atoms with E-state index in [9.17, 15) is 0 Å². The molecule has 5 aromatic carbocycles. The first-order valence-corrected chi connectivity index (χ1v) is 11.0. The maximum Gasteiger partial charge on any atom is 0.0541 e. The number of nitrogens with zero attached hydrogens (tertiary/aromatic N) is 1. The number of hydrogen-bond donors (Lipinski definition) is 2. The Balaban J connectivity index is 1.64. The van der Waals surface area contributed by atoms with Gasteiger partial charge < -0.3 is 16.0 Å². The van der Waals surface area contributed by atoms with Crippen LogP contribution in [0.4, 0.5) is 11.4 Å². The van der Waals surface area contributed by atoms with Gasteiger partial charge in [-0.3, -0.25) is 0 Å². The highest BCUT2D eigenvalue weighted by Crippen LogP contribution is 2.37. The van der Waals surface area contributed by atoms with E-state index in [1.54, 1.807) is 0 Å². The van der Waals surface area contributed by atoms with Gasteiger partial charge in [-0.25, -0.2) is 0 Å². The van der Waals surface area contributed by atoms with Crippen LogP contribution >= 0.6 is 0 Å². The van der Waals surface area contributed by atoms with Gasteiger partial charge in [0.2, 0.25) is 0 Å². The lowest BCUT2D eigenvalue weighted by molar-refractivity contribution is 1.18. The molecule has 0 saturated carbocycles. The molecule has 1 heterocycles. The first kappa shape index (κ1) is 19.2. The van der Waals surface area contributed by atoms with Crippen molar-refractivity contribution in [2.45, 2.75) is 0 Å². The second kappa shape index (κ2) is 7.57. The summed E-state index contributed by atoms with van der Waals surface area (Å²) in [5.74, 6) is 0. The first-order valence-electron chi connectivity index (χ1n) is 11.0. The van der Waals surface area contributed by atoms with Crippen LogP contribution in [0.3, 0.4) is 0 Å². The Hall–Kier alpha value is -4.50. The molecule has 0 aliphatic carbocycles. The van der Waals surface area contributed by atoms with Crippen molar-refractivity contribution in [3.63, 3.8) is 0 Å². The molecule has 6 rings (SSSR count). The molecule has 3 nitrogen and oxygen atoms in total. The molecular formula is C30H23N3. The average Bonchev–Trinajstić information content (AvgIpc) is 3.18. The van der Waals surface area contributed by atoms with Gasteiger partial charge in [0.25, 0.3) is 0 Å². The Bertz CT molecular complexity index is 1490. The number of nitrogens with two attached hydrogens (primary N) is 2. The van der Waals surface area contributed by atoms with E-state index in [1.165, 1.54) is 32.9 Å². The van der Waals surface area contributed by atoms with Crippen LogP contribution in [0.5, 0.6) is 0 Å². The largest absolute Gasteiger partial charge is 0.399 e. The van der Waals surface area contributed by atoms with Crippen molar-refractivity contribution in [2.24, 2.45) is 0 Å². The minimum atomic E-state index is 0.772. The van der Waals surface area contributed by atoms with Gasteiger partial charge in [-0.15, -0.1) is 0 Å². The molecule has 0 fully saturated rings. The van der Waals surface area contributed by atoms with Gasteiger partial charge in [0.1, 0.15) is 0 Å². The molecule has 0 atom stereocenters. The summed E-state index contributed by atoms with van der Waals surface area (Å²) in [6.07, 6.45) is 0. The highest BCUT2D eigenvalue weighted by molar-refractivity contribution is 6.11. The van der Waals surface area contributed by atoms with E-state index < -0.39 is 0 Å². The molecule has 158 valence electrons. The fraction of sp³-hybridized carbons (Fsp3) is 0. The molecule has 0 bridgehead atoms. The van der Waals surface area contributed by atoms with Gasteiger partial charge in [-0.2, -0.15) is 0 Å². The number of nitrogen functional groups attached to an aromatic ring is 2. The third kappa shape index (κ3) is 3.31. The van der Waals surface area contributed by atoms with Crippen LogP contribution < -0.4 is 11.5 Å². The Morgan fingerprint density at radius 3 is 1.30 bits per heavy atom. The molecular weight excluding hydrogens is 402 g/mol. The van der Waals surface area contributed by atoms with Crippen molar-refractivity contribution in [3.8, 4) is 27.9 Å². The van der Waals surface area contributed by atoms with Crippen molar-refractivity contribution in [1.82, 2.24) is 4.57 Å². The fourth-order valence-corrected chi connectivity index (χ4v) is 4.59. The van der Waals surface area contributed by atoms with E-state index in [-0.39, 0.29) is 0 Å². The molecule has 0 radical (unpaired) electrons. The zero-order chi connectivity index (χ0) is 22.4. The van der Waals surface area contributed by atoms with E-state index in [0.29, 0.717) is 0 Å². The number of aromatic nitrogens is 1. The third-order valence-electron chi connectivity index (χ3n) is 6.27. The molecule has 0 aliphatic heterocycles. The topological polar surface area (TPSA) is 57.0 Å². The second-order valence-electron chi connectivity index (χ2n) is 8.38. The predicted molar refractivity (Wildman–Crippen MR) is 140 cm³/mol. The summed E-state index contributed by atoms with van der Waals surface area (Å²) < 4.78 is 2.34. The number of anilines is 2. The molecule has 0 amide bonds. The Morgan fingerprint density at radius 1 is 0.424 bits per heavy atom. The average molecular weight is 426 g/mol. The summed E-state index contributed by atoms with van der Waals surface area (Å²) in [4.78, 5) is 0. The fourth-order valence-electron chi connectivity index (χ4n) is 4.59. The van der Waals surface area contributed by atoms with Crippen LogP contribution in [0.1, 0.15) is 0 Å². The standard InChI is InChI=1S/C30H23N3/c31-24-12-6-20(7-13-24)22-10-16-29-27(18-22)28-19-23(21-8-14-25(32)15-9-21)11-17-30(28)33(29)26-4-2-1-3-5-26/h1-19H,31-32H2. The van der Waals surface area contributed by atoms with Crippen molar-refractivity contribution in [1.29, 1.82) is 0 Å². The monoisotopic (exact) mass is 425 g/mol. The molecule has 0 saturated heterocycles. The quantitative estimate of drug-likeness (QED) is 0.293. The molecule has 6 aromatic rings. The maximum absolute atomic E-state index is 5.91. The van der Waals surface area contributed by atoms with Crippen LogP contribution in [0.25, 0.3) is 49.7 Å². The van der Waals surface area contributed by atoms with Crippen LogP contribution in [-0.2, 0) is 0 Å². The van der Waals surface area contributed by atoms with Gasteiger partial charge in [-0.05, 0) is 82.9 Å². The van der Waals surface area contributed by atoms with Crippen molar-refractivity contribution >= 4 is 33.2 Å². The number of benzene rings is 5. The lowest BCUT2D eigenvalue weighted by Crippen LogP contribution is -1.93. The van der Waals surface area contributed by atoms with E-state index in [4.69, 9.17) is 11.5 Å². The van der Waals surface area contributed by atoms with Crippen LogP contribution in [0, 0.1) is 0 Å². The number of rotatable bonds is 3. The van der Waals surface area contributed by atoms with Crippen LogP contribution in [-0.4, -0.2) is 4.57 Å². The van der Waals surface area contributed by atoms with Crippen molar-refractivity contribution < 1.29 is 0 Å². The Labute approximate surface area is 192 Å². The number of hydrogen-bond acceptors (Lipinski definition) is 2. The van der Waals surface area contributed by atoms with Crippen LogP contribution in [0.2, 0.25) is 0 Å². The maximum atomic E-state index is 5.91. The minimum Gasteiger partial charge on any atom is -0.399 e. The van der Waals surface area contributed by atoms with Gasteiger partial charge in [0, 0.05) is 27.8 Å². The SMILES string of the molecule is Nc1ccc(-c2ccc3c(c2)c2cc(-c4ccc(N)cc4)ccc2n3-c2ccccc2)cc1. The number of para-hydroxylation sites is 1. The molecule has 1 aromatic heterocycles. The second-order valence-corrected chi connectivity index (χ2v) is 8.38. The lowest BCUT2D eigenvalue weighted by atomic mass is 10.00. The summed E-state index contributed by atoms with van der Waals surface area (Å²) in [5.41, 5.74) is 21.5. The molecule has 33 heavy (non-hydrogen) atoms. The molecule has 0 spiro atoms. The highest BCUT2D eigenvalue weighted by Gasteiger charge is 2.14. The van der Waals surface area contributed by atoms with Gasteiger partial charge in [0.15, 0.2) is 0 Å². The van der Waals surface area contributed by atoms with E-state index in [0.717, 1.165) is 28.2 Å². The molecule has 4 N–H and O–H groups in total.